The molecule has 0 saturated carbocycles. The van der Waals surface area contributed by atoms with Crippen LogP contribution in [-0.2, 0) is 10.8 Å². The molecule has 1 atom stereocenters. The zero-order valence-electron chi connectivity index (χ0n) is 10.7. The molecular weight excluding hydrogens is 218 g/mol. The smallest absolute Gasteiger partial charge is 0.0362 e. The maximum Gasteiger partial charge on any atom is 0.0362 e. The molecule has 0 aromatic heterocycles. The first kappa shape index (κ1) is 14.2. The summed E-state index contributed by atoms with van der Waals surface area (Å²) in [6.07, 6.45) is 9.03. The minimum atomic E-state index is -0.567. The Labute approximate surface area is 103 Å². The van der Waals surface area contributed by atoms with E-state index < -0.39 is 10.8 Å². The third-order valence-electron chi connectivity index (χ3n) is 3.31. The summed E-state index contributed by atoms with van der Waals surface area (Å²) in [7, 11) is -0.567. The normalized spacial score (nSPS) is 19.8. The van der Waals surface area contributed by atoms with Crippen LogP contribution in [0.4, 0.5) is 0 Å². The summed E-state index contributed by atoms with van der Waals surface area (Å²) in [5.74, 6) is 1.82. The van der Waals surface area contributed by atoms with Gasteiger partial charge in [-0.1, -0.05) is 32.6 Å². The number of piperidine rings is 1. The average Bonchev–Trinajstić information content (AvgIpc) is 2.33. The third-order valence-corrected chi connectivity index (χ3v) is 4.69. The van der Waals surface area contributed by atoms with Crippen molar-refractivity contribution in [2.45, 2.75) is 51.9 Å². The Morgan fingerprint density at radius 1 is 1.00 bits per heavy atom. The summed E-state index contributed by atoms with van der Waals surface area (Å²) in [5.41, 5.74) is 0. The Kier molecular flexibility index (Phi) is 8.12. The van der Waals surface area contributed by atoms with E-state index in [2.05, 4.69) is 11.8 Å². The van der Waals surface area contributed by atoms with Crippen LogP contribution >= 0.6 is 0 Å². The van der Waals surface area contributed by atoms with Gasteiger partial charge in [0.15, 0.2) is 0 Å². The van der Waals surface area contributed by atoms with Crippen LogP contribution in [0, 0.1) is 0 Å². The van der Waals surface area contributed by atoms with E-state index in [4.69, 9.17) is 0 Å². The van der Waals surface area contributed by atoms with Crippen LogP contribution in [0.1, 0.15) is 51.9 Å². The fourth-order valence-corrected chi connectivity index (χ4v) is 3.40. The van der Waals surface area contributed by atoms with Gasteiger partial charge in [0.2, 0.25) is 0 Å². The highest BCUT2D eigenvalue weighted by molar-refractivity contribution is 7.84. The molecule has 0 N–H and O–H groups in total. The van der Waals surface area contributed by atoms with Crippen molar-refractivity contribution >= 4 is 10.8 Å². The molecule has 2 nitrogen and oxygen atoms in total. The lowest BCUT2D eigenvalue weighted by atomic mass is 10.1. The van der Waals surface area contributed by atoms with Crippen molar-refractivity contribution in [1.29, 1.82) is 0 Å². The molecule has 1 aliphatic rings. The van der Waals surface area contributed by atoms with E-state index in [1.807, 2.05) is 0 Å². The van der Waals surface area contributed by atoms with Crippen LogP contribution in [0.3, 0.4) is 0 Å². The second-order valence-electron chi connectivity index (χ2n) is 4.81. The lowest BCUT2D eigenvalue weighted by Crippen LogP contribution is -2.33. The molecule has 16 heavy (non-hydrogen) atoms. The maximum absolute atomic E-state index is 11.7. The van der Waals surface area contributed by atoms with E-state index in [9.17, 15) is 4.21 Å². The Hall–Kier alpha value is 0.110. The van der Waals surface area contributed by atoms with Crippen molar-refractivity contribution in [3.05, 3.63) is 0 Å². The van der Waals surface area contributed by atoms with Gasteiger partial charge in [0.05, 0.1) is 0 Å². The number of nitrogens with zero attached hydrogens (tertiary/aromatic N) is 1. The number of hydrogen-bond donors (Lipinski definition) is 0. The van der Waals surface area contributed by atoms with Gasteiger partial charge >= 0.3 is 0 Å². The fraction of sp³-hybridized carbons (Fsp3) is 1.00. The molecular formula is C13H27NOS. The second-order valence-corrected chi connectivity index (χ2v) is 6.51. The van der Waals surface area contributed by atoms with Gasteiger partial charge in [-0.3, -0.25) is 4.21 Å². The highest BCUT2D eigenvalue weighted by Crippen LogP contribution is 2.08. The molecule has 96 valence electrons. The number of rotatable bonds is 8. The zero-order valence-corrected chi connectivity index (χ0v) is 11.6. The van der Waals surface area contributed by atoms with E-state index >= 15 is 0 Å². The Morgan fingerprint density at radius 2 is 1.75 bits per heavy atom. The Bertz CT molecular complexity index is 190. The molecule has 0 aliphatic carbocycles. The molecule has 1 fully saturated rings. The molecule has 0 spiro atoms. The van der Waals surface area contributed by atoms with Crippen LogP contribution in [-0.4, -0.2) is 40.2 Å². The van der Waals surface area contributed by atoms with Gasteiger partial charge in [-0.05, 0) is 32.4 Å². The molecule has 1 heterocycles. The Morgan fingerprint density at radius 3 is 2.44 bits per heavy atom. The predicted molar refractivity (Wildman–Crippen MR) is 72.3 cm³/mol. The molecule has 1 unspecified atom stereocenters. The first-order valence-electron chi connectivity index (χ1n) is 6.90. The molecule has 1 aliphatic heterocycles. The van der Waals surface area contributed by atoms with Crippen molar-refractivity contribution in [3.63, 3.8) is 0 Å². The molecule has 0 amide bonds. The van der Waals surface area contributed by atoms with Crippen LogP contribution in [0.15, 0.2) is 0 Å². The van der Waals surface area contributed by atoms with E-state index in [-0.39, 0.29) is 0 Å². The van der Waals surface area contributed by atoms with Crippen LogP contribution in [0.25, 0.3) is 0 Å². The van der Waals surface area contributed by atoms with E-state index in [0.29, 0.717) is 0 Å². The van der Waals surface area contributed by atoms with Crippen molar-refractivity contribution in [2.24, 2.45) is 0 Å². The summed E-state index contributed by atoms with van der Waals surface area (Å²) >= 11 is 0. The lowest BCUT2D eigenvalue weighted by Gasteiger charge is -2.25. The zero-order chi connectivity index (χ0) is 11.6. The second kappa shape index (κ2) is 9.17. The third kappa shape index (κ3) is 6.64. The largest absolute Gasteiger partial charge is 0.302 e. The summed E-state index contributed by atoms with van der Waals surface area (Å²) in [5, 5.41) is 0. The minimum absolute atomic E-state index is 0.567. The lowest BCUT2D eigenvalue weighted by molar-refractivity contribution is 0.241. The summed E-state index contributed by atoms with van der Waals surface area (Å²) in [6, 6.07) is 0. The fourth-order valence-electron chi connectivity index (χ4n) is 2.21. The molecule has 1 saturated heterocycles. The number of likely N-dealkylation sites (tertiary alicyclic amines) is 1. The van der Waals surface area contributed by atoms with Gasteiger partial charge in [0, 0.05) is 28.9 Å². The highest BCUT2D eigenvalue weighted by atomic mass is 32.2. The van der Waals surface area contributed by atoms with Gasteiger partial charge in [-0.15, -0.1) is 0 Å². The summed E-state index contributed by atoms with van der Waals surface area (Å²) in [6.45, 7) is 5.73. The van der Waals surface area contributed by atoms with Crippen molar-refractivity contribution in [3.8, 4) is 0 Å². The standard InChI is InChI=1S/C13H27NOS/c1-2-3-4-8-12-16(15)13-11-14-9-6-5-7-10-14/h2-13H2,1H3. The van der Waals surface area contributed by atoms with Crippen molar-refractivity contribution in [2.75, 3.05) is 31.1 Å². The van der Waals surface area contributed by atoms with Crippen molar-refractivity contribution < 1.29 is 4.21 Å². The van der Waals surface area contributed by atoms with Crippen LogP contribution in [0.5, 0.6) is 0 Å². The maximum atomic E-state index is 11.7. The molecule has 1 rings (SSSR count). The predicted octanol–water partition coefficient (Wildman–Crippen LogP) is 2.80. The van der Waals surface area contributed by atoms with Crippen molar-refractivity contribution in [1.82, 2.24) is 4.90 Å². The van der Waals surface area contributed by atoms with E-state index in [1.165, 1.54) is 51.6 Å². The van der Waals surface area contributed by atoms with Gasteiger partial charge in [-0.25, -0.2) is 0 Å². The molecule has 3 heteroatoms. The Balaban J connectivity index is 1.96. The van der Waals surface area contributed by atoms with Crippen LogP contribution in [0.2, 0.25) is 0 Å². The summed E-state index contributed by atoms with van der Waals surface area (Å²) in [4.78, 5) is 2.48. The molecule has 0 aromatic carbocycles. The average molecular weight is 245 g/mol. The van der Waals surface area contributed by atoms with Gasteiger partial charge in [0.1, 0.15) is 0 Å². The monoisotopic (exact) mass is 245 g/mol. The van der Waals surface area contributed by atoms with Gasteiger partial charge < -0.3 is 4.90 Å². The minimum Gasteiger partial charge on any atom is -0.302 e. The highest BCUT2D eigenvalue weighted by Gasteiger charge is 2.10. The first-order chi connectivity index (χ1) is 7.83. The van der Waals surface area contributed by atoms with E-state index in [0.717, 1.165) is 24.5 Å². The molecule has 0 radical (unpaired) electrons. The topological polar surface area (TPSA) is 20.3 Å². The molecule has 0 bridgehead atoms. The van der Waals surface area contributed by atoms with E-state index in [1.54, 1.807) is 0 Å². The SMILES string of the molecule is CCCCCCS(=O)CCN1CCCCC1. The number of hydrogen-bond acceptors (Lipinski definition) is 2. The molecule has 0 aromatic rings. The quantitative estimate of drug-likeness (QED) is 0.613. The van der Waals surface area contributed by atoms with Gasteiger partial charge in [-0.2, -0.15) is 0 Å². The summed E-state index contributed by atoms with van der Waals surface area (Å²) < 4.78 is 11.7. The number of unbranched alkanes of at least 4 members (excludes halogenated alkanes) is 3. The first-order valence-corrected chi connectivity index (χ1v) is 8.39. The van der Waals surface area contributed by atoms with Gasteiger partial charge in [0.25, 0.3) is 0 Å². The van der Waals surface area contributed by atoms with Crippen LogP contribution < -0.4 is 0 Å².